The van der Waals surface area contributed by atoms with Crippen LogP contribution >= 0.6 is 0 Å². The van der Waals surface area contributed by atoms with Crippen molar-refractivity contribution < 1.29 is 31.6 Å². The molecule has 0 aliphatic heterocycles. The van der Waals surface area contributed by atoms with E-state index < -0.39 is 38.0 Å². The minimum atomic E-state index is -4.01. The second kappa shape index (κ2) is 19.5. The van der Waals surface area contributed by atoms with Crippen molar-refractivity contribution in [3.05, 3.63) is 145 Å². The van der Waals surface area contributed by atoms with E-state index in [1.165, 1.54) is 35.8 Å². The Hall–Kier alpha value is -5.06. The number of nitrogens with zero attached hydrogens (tertiary/aromatic N) is 4. The quantitative estimate of drug-likeness (QED) is 0.0856. The summed E-state index contributed by atoms with van der Waals surface area (Å²) >= 11 is 0. The van der Waals surface area contributed by atoms with E-state index in [2.05, 4.69) is 28.4 Å². The van der Waals surface area contributed by atoms with Crippen molar-refractivity contribution in [3.63, 3.8) is 0 Å². The first-order chi connectivity index (χ1) is 24.8. The average molecular weight is 749 g/mol. The van der Waals surface area contributed by atoms with Gasteiger partial charge in [-0.2, -0.15) is 8.61 Å². The van der Waals surface area contributed by atoms with Crippen molar-refractivity contribution in [2.24, 2.45) is 0 Å². The number of pyridine rings is 2. The van der Waals surface area contributed by atoms with Gasteiger partial charge in [0.25, 0.3) is 5.91 Å². The second-order valence-electron chi connectivity index (χ2n) is 11.6. The smallest absolute Gasteiger partial charge is 0.262 e. The minimum Gasteiger partial charge on any atom is -0.358 e. The zero-order valence-electron chi connectivity index (χ0n) is 29.3. The molecule has 0 fully saturated rings. The van der Waals surface area contributed by atoms with E-state index in [4.69, 9.17) is 5.21 Å². The first-order valence-electron chi connectivity index (χ1n) is 16.1. The fraction of sp³-hybridized carbons (Fsp3) is 0.243. The highest BCUT2D eigenvalue weighted by Crippen LogP contribution is 2.25. The molecule has 4 rings (SSSR count). The molecule has 2 amide bonds. The van der Waals surface area contributed by atoms with E-state index >= 15 is 0 Å². The molecule has 52 heavy (non-hydrogen) atoms. The molecule has 3 N–H and O–H groups in total. The molecular weight excluding hydrogens is 705 g/mol. The molecule has 2 atom stereocenters. The summed E-state index contributed by atoms with van der Waals surface area (Å²) in [6.45, 7) is 10.9. The molecule has 0 unspecified atom stereocenters. The van der Waals surface area contributed by atoms with Gasteiger partial charge in [0.15, 0.2) is 0 Å². The molecule has 2 aromatic heterocycles. The summed E-state index contributed by atoms with van der Waals surface area (Å²) in [6, 6.07) is 17.8. The largest absolute Gasteiger partial charge is 0.358 e. The van der Waals surface area contributed by atoms with Crippen LogP contribution in [0.3, 0.4) is 0 Å². The van der Waals surface area contributed by atoms with Crippen LogP contribution in [-0.2, 0) is 42.7 Å². The monoisotopic (exact) mass is 748 g/mol. The third kappa shape index (κ3) is 11.0. The van der Waals surface area contributed by atoms with Crippen LogP contribution in [0.1, 0.15) is 35.1 Å². The fourth-order valence-electron chi connectivity index (χ4n) is 5.03. The number of benzene rings is 2. The van der Waals surface area contributed by atoms with E-state index in [9.17, 15) is 26.4 Å². The Morgan fingerprint density at radius 2 is 1.10 bits per heavy atom. The number of nitrogens with one attached hydrogen (secondary N) is 2. The second-order valence-corrected chi connectivity index (χ2v) is 15.4. The van der Waals surface area contributed by atoms with Crippen LogP contribution in [-0.4, -0.2) is 71.6 Å². The van der Waals surface area contributed by atoms with Gasteiger partial charge in [-0.25, -0.2) is 22.3 Å². The number of sulfonamides is 2. The van der Waals surface area contributed by atoms with Gasteiger partial charge in [0, 0.05) is 44.9 Å². The number of hydrogen-bond acceptors (Lipinski definition) is 9. The molecule has 2 aromatic carbocycles. The van der Waals surface area contributed by atoms with Gasteiger partial charge in [0.05, 0.1) is 9.79 Å². The molecule has 0 saturated carbocycles. The summed E-state index contributed by atoms with van der Waals surface area (Å²) < 4.78 is 55.2. The topological polar surface area (TPSA) is 179 Å². The summed E-state index contributed by atoms with van der Waals surface area (Å²) in [6.07, 6.45) is 9.52. The standard InChI is InChI=1S/C19H23N3O3S.C18H21N3O4S/c1-4-6-18(19(23)20-3)22(14-16-7-5-12-21-13-16)26(24,25)17-10-8-15(2)9-11-17;1-3-5-17(18(22)20-23)21(13-15-6-4-11-19-12-15)26(24,25)16-9-7-14(2)8-10-16/h4-5,7-13,18H,1,6,14H2,2-3H3,(H,20,23);3-4,6-12,17,23H,1,5,13H2,2H3,(H,20,22)/t18-;17-/m01/s1. The van der Waals surface area contributed by atoms with Crippen LogP contribution in [0, 0.1) is 13.8 Å². The van der Waals surface area contributed by atoms with Gasteiger partial charge in [-0.05, 0) is 74.2 Å². The Bertz CT molecular complexity index is 1850. The van der Waals surface area contributed by atoms with E-state index in [1.54, 1.807) is 90.8 Å². The van der Waals surface area contributed by atoms with Crippen LogP contribution in [0.4, 0.5) is 0 Å². The SMILES string of the molecule is C=CC[C@@H](C(=O)NC)N(Cc1cccnc1)S(=O)(=O)c1ccc(C)cc1.C=CC[C@H](C(=O)NO)N(Cc1cccnc1)S(=O)(=O)c1ccc(C)cc1. The van der Waals surface area contributed by atoms with Gasteiger partial charge >= 0.3 is 0 Å². The summed E-state index contributed by atoms with van der Waals surface area (Å²) in [7, 11) is -6.42. The van der Waals surface area contributed by atoms with Crippen LogP contribution in [0.15, 0.2) is 133 Å². The van der Waals surface area contributed by atoms with Gasteiger partial charge in [0.1, 0.15) is 12.1 Å². The third-order valence-electron chi connectivity index (χ3n) is 7.81. The highest BCUT2D eigenvalue weighted by molar-refractivity contribution is 7.89. The number of amides is 2. The lowest BCUT2D eigenvalue weighted by atomic mass is 10.1. The highest BCUT2D eigenvalue weighted by Gasteiger charge is 2.36. The lowest BCUT2D eigenvalue weighted by Crippen LogP contribution is -2.48. The first kappa shape index (κ1) is 41.4. The molecule has 0 saturated heterocycles. The van der Waals surface area contributed by atoms with Crippen molar-refractivity contribution in [2.75, 3.05) is 7.05 Å². The summed E-state index contributed by atoms with van der Waals surface area (Å²) in [5.41, 5.74) is 4.72. The Morgan fingerprint density at radius 1 is 0.712 bits per heavy atom. The van der Waals surface area contributed by atoms with Crippen LogP contribution in [0.5, 0.6) is 0 Å². The van der Waals surface area contributed by atoms with Crippen molar-refractivity contribution in [2.45, 2.75) is 61.7 Å². The molecule has 0 aliphatic rings. The van der Waals surface area contributed by atoms with E-state index in [0.717, 1.165) is 15.4 Å². The predicted molar refractivity (Wildman–Crippen MR) is 197 cm³/mol. The number of carbonyl (C=O) groups is 2. The molecule has 276 valence electrons. The van der Waals surface area contributed by atoms with Gasteiger partial charge in [-0.3, -0.25) is 24.8 Å². The number of rotatable bonds is 16. The minimum absolute atomic E-state index is 0.0377. The van der Waals surface area contributed by atoms with Crippen molar-refractivity contribution in [3.8, 4) is 0 Å². The van der Waals surface area contributed by atoms with Crippen molar-refractivity contribution in [1.82, 2.24) is 29.4 Å². The lowest BCUT2D eigenvalue weighted by Gasteiger charge is -2.29. The zero-order valence-corrected chi connectivity index (χ0v) is 30.9. The first-order valence-corrected chi connectivity index (χ1v) is 19.0. The molecule has 13 nitrogen and oxygen atoms in total. The molecule has 0 aliphatic carbocycles. The average Bonchev–Trinajstić information content (AvgIpc) is 3.15. The Morgan fingerprint density at radius 3 is 1.40 bits per heavy atom. The molecule has 15 heteroatoms. The molecule has 0 bridgehead atoms. The normalized spacial score (nSPS) is 12.6. The van der Waals surface area contributed by atoms with Gasteiger partial charge in [0.2, 0.25) is 26.0 Å². The van der Waals surface area contributed by atoms with Gasteiger partial charge < -0.3 is 5.32 Å². The van der Waals surface area contributed by atoms with E-state index in [1.807, 2.05) is 13.8 Å². The predicted octanol–water partition coefficient (Wildman–Crippen LogP) is 4.30. The van der Waals surface area contributed by atoms with Crippen LogP contribution in [0.25, 0.3) is 0 Å². The van der Waals surface area contributed by atoms with Crippen LogP contribution in [0.2, 0.25) is 0 Å². The molecule has 0 spiro atoms. The number of aryl methyl sites for hydroxylation is 2. The van der Waals surface area contributed by atoms with Gasteiger partial charge in [-0.1, -0.05) is 59.7 Å². The Kier molecular flexibility index (Phi) is 15.5. The van der Waals surface area contributed by atoms with E-state index in [0.29, 0.717) is 11.1 Å². The number of likely N-dealkylation sites (N-methyl/N-ethyl adjacent to an activating group) is 1. The molecule has 2 heterocycles. The Labute approximate surface area is 305 Å². The number of hydroxylamine groups is 1. The maximum atomic E-state index is 13.3. The fourth-order valence-corrected chi connectivity index (χ4v) is 8.20. The van der Waals surface area contributed by atoms with Crippen molar-refractivity contribution in [1.29, 1.82) is 0 Å². The lowest BCUT2D eigenvalue weighted by molar-refractivity contribution is -0.133. The maximum absolute atomic E-state index is 13.3. The van der Waals surface area contributed by atoms with Crippen molar-refractivity contribution >= 4 is 31.9 Å². The molecule has 0 radical (unpaired) electrons. The number of aromatic nitrogens is 2. The highest BCUT2D eigenvalue weighted by atomic mass is 32.2. The third-order valence-corrected chi connectivity index (χ3v) is 11.6. The molecule has 4 aromatic rings. The zero-order chi connectivity index (χ0) is 38.3. The van der Waals surface area contributed by atoms with E-state index in [-0.39, 0.29) is 41.6 Å². The Balaban J connectivity index is 0.000000280. The maximum Gasteiger partial charge on any atom is 0.262 e. The summed E-state index contributed by atoms with van der Waals surface area (Å²) in [5, 5.41) is 11.6. The van der Waals surface area contributed by atoms with Gasteiger partial charge in [-0.15, -0.1) is 13.2 Å². The summed E-state index contributed by atoms with van der Waals surface area (Å²) in [4.78, 5) is 32.7. The molecular formula is C37H44N6O7S2. The van der Waals surface area contributed by atoms with Crippen LogP contribution < -0.4 is 10.8 Å². The number of carbonyl (C=O) groups excluding carboxylic acids is 2. The number of hydrogen-bond donors (Lipinski definition) is 3. The summed E-state index contributed by atoms with van der Waals surface area (Å²) in [5.74, 6) is -1.21.